The molecule has 2 N–H and O–H groups in total. The van der Waals surface area contributed by atoms with Crippen molar-refractivity contribution in [3.63, 3.8) is 0 Å². The van der Waals surface area contributed by atoms with Gasteiger partial charge in [0.2, 0.25) is 0 Å². The van der Waals surface area contributed by atoms with Crippen molar-refractivity contribution in [3.05, 3.63) is 12.2 Å². The second kappa shape index (κ2) is 4.37. The molecule has 18 heavy (non-hydrogen) atoms. The number of nitrogens with two attached hydrogens (primary N) is 1. The van der Waals surface area contributed by atoms with Crippen LogP contribution in [0.25, 0.3) is 0 Å². The molecule has 3 heteroatoms. The first-order valence-corrected chi connectivity index (χ1v) is 7.12. The molecule has 100 valence electrons. The summed E-state index contributed by atoms with van der Waals surface area (Å²) in [6.07, 6.45) is 6.74. The fourth-order valence-corrected chi connectivity index (χ4v) is 5.02. The zero-order chi connectivity index (χ0) is 12.9. The number of ether oxygens (including phenoxy) is 1. The molecule has 0 spiro atoms. The molecule has 3 nitrogen and oxygen atoms in total. The zero-order valence-corrected chi connectivity index (χ0v) is 11.1. The van der Waals surface area contributed by atoms with Crippen LogP contribution in [0.3, 0.4) is 0 Å². The van der Waals surface area contributed by atoms with E-state index in [1.807, 2.05) is 0 Å². The molecule has 1 unspecified atom stereocenters. The second-order valence-corrected chi connectivity index (χ2v) is 6.53. The molecule has 4 bridgehead atoms. The summed E-state index contributed by atoms with van der Waals surface area (Å²) in [6.45, 7) is 4.14. The van der Waals surface area contributed by atoms with Crippen LogP contribution in [0.4, 0.5) is 0 Å². The van der Waals surface area contributed by atoms with Crippen molar-refractivity contribution in [2.45, 2.75) is 38.1 Å². The van der Waals surface area contributed by atoms with Gasteiger partial charge in [0.05, 0.1) is 7.11 Å². The molecular formula is C15H23NO2. The first kappa shape index (κ1) is 12.2. The molecule has 0 amide bonds. The zero-order valence-electron chi connectivity index (χ0n) is 11.1. The molecule has 4 rings (SSSR count). The van der Waals surface area contributed by atoms with E-state index >= 15 is 0 Å². The van der Waals surface area contributed by atoms with E-state index in [0.29, 0.717) is 5.92 Å². The highest BCUT2D eigenvalue weighted by Gasteiger charge is 2.49. The van der Waals surface area contributed by atoms with E-state index in [4.69, 9.17) is 10.5 Å². The van der Waals surface area contributed by atoms with Crippen molar-refractivity contribution < 1.29 is 9.53 Å². The van der Waals surface area contributed by atoms with Gasteiger partial charge in [0, 0.05) is 0 Å². The molecule has 4 saturated carbocycles. The van der Waals surface area contributed by atoms with E-state index in [2.05, 4.69) is 6.58 Å². The molecule has 4 fully saturated rings. The van der Waals surface area contributed by atoms with Crippen LogP contribution < -0.4 is 5.73 Å². The van der Waals surface area contributed by atoms with Crippen molar-refractivity contribution in [3.8, 4) is 0 Å². The van der Waals surface area contributed by atoms with E-state index in [9.17, 15) is 4.79 Å². The summed E-state index contributed by atoms with van der Waals surface area (Å²) in [6, 6.07) is -0.627. The van der Waals surface area contributed by atoms with Crippen LogP contribution in [0.5, 0.6) is 0 Å². The van der Waals surface area contributed by atoms with Crippen molar-refractivity contribution in [2.75, 3.05) is 7.11 Å². The fourth-order valence-electron chi connectivity index (χ4n) is 5.02. The van der Waals surface area contributed by atoms with Crippen molar-refractivity contribution in [1.82, 2.24) is 0 Å². The van der Waals surface area contributed by atoms with E-state index in [-0.39, 0.29) is 5.97 Å². The lowest BCUT2D eigenvalue weighted by Crippen LogP contribution is -2.49. The van der Waals surface area contributed by atoms with Gasteiger partial charge in [-0.25, -0.2) is 0 Å². The maximum absolute atomic E-state index is 11.6. The van der Waals surface area contributed by atoms with Crippen LogP contribution in [0.1, 0.15) is 32.1 Å². The minimum atomic E-state index is -0.627. The fraction of sp³-hybridized carbons (Fsp3) is 0.800. The highest BCUT2D eigenvalue weighted by atomic mass is 16.5. The van der Waals surface area contributed by atoms with Crippen LogP contribution in [0.15, 0.2) is 12.2 Å². The van der Waals surface area contributed by atoms with Gasteiger partial charge in [0.1, 0.15) is 6.04 Å². The normalized spacial score (nSPS) is 42.7. The Morgan fingerprint density at radius 1 is 1.17 bits per heavy atom. The summed E-state index contributed by atoms with van der Waals surface area (Å²) < 4.78 is 4.75. The molecule has 0 heterocycles. The topological polar surface area (TPSA) is 52.3 Å². The Bertz CT molecular complexity index is 349. The number of carbonyl (C=O) groups is 1. The molecule has 0 radical (unpaired) electrons. The quantitative estimate of drug-likeness (QED) is 0.615. The van der Waals surface area contributed by atoms with Gasteiger partial charge in [-0.2, -0.15) is 0 Å². The largest absolute Gasteiger partial charge is 0.468 e. The lowest BCUT2D eigenvalue weighted by atomic mass is 9.50. The standard InChI is InChI=1S/C15H23NO2/c1-8(14(16)15(17)18-2)13-11-4-9-3-10(6-11)7-12(13)5-9/h9-14H,1,3-7,16H2,2H3. The summed E-state index contributed by atoms with van der Waals surface area (Å²) >= 11 is 0. The minimum Gasteiger partial charge on any atom is -0.468 e. The van der Waals surface area contributed by atoms with Crippen LogP contribution in [0, 0.1) is 29.6 Å². The van der Waals surface area contributed by atoms with Crippen molar-refractivity contribution in [1.29, 1.82) is 0 Å². The lowest BCUT2D eigenvalue weighted by Gasteiger charge is -2.55. The predicted molar refractivity (Wildman–Crippen MR) is 69.7 cm³/mol. The lowest BCUT2D eigenvalue weighted by molar-refractivity contribution is -0.141. The Morgan fingerprint density at radius 2 is 1.67 bits per heavy atom. The predicted octanol–water partition coefficient (Wildman–Crippen LogP) is 2.12. The van der Waals surface area contributed by atoms with Crippen LogP contribution >= 0.6 is 0 Å². The van der Waals surface area contributed by atoms with Crippen LogP contribution in [0.2, 0.25) is 0 Å². The van der Waals surface area contributed by atoms with Gasteiger partial charge in [0.25, 0.3) is 0 Å². The third kappa shape index (κ3) is 1.80. The highest BCUT2D eigenvalue weighted by molar-refractivity contribution is 5.79. The van der Waals surface area contributed by atoms with E-state index in [1.165, 1.54) is 39.2 Å². The van der Waals surface area contributed by atoms with Gasteiger partial charge in [-0.1, -0.05) is 6.58 Å². The molecule has 0 aromatic heterocycles. The molecule has 4 aliphatic rings. The summed E-state index contributed by atoms with van der Waals surface area (Å²) in [7, 11) is 1.40. The summed E-state index contributed by atoms with van der Waals surface area (Å²) in [5.41, 5.74) is 6.90. The Balaban J connectivity index is 1.76. The summed E-state index contributed by atoms with van der Waals surface area (Å²) in [5, 5.41) is 0. The van der Waals surface area contributed by atoms with Gasteiger partial charge in [0.15, 0.2) is 0 Å². The van der Waals surface area contributed by atoms with Gasteiger partial charge in [-0.05, 0) is 67.3 Å². The Morgan fingerprint density at radius 3 is 2.11 bits per heavy atom. The van der Waals surface area contributed by atoms with E-state index < -0.39 is 6.04 Å². The van der Waals surface area contributed by atoms with Gasteiger partial charge in [-0.3, -0.25) is 4.79 Å². The number of methoxy groups -OCH3 is 1. The summed E-state index contributed by atoms with van der Waals surface area (Å²) in [5.74, 6) is 3.45. The average molecular weight is 249 g/mol. The number of hydrogen-bond acceptors (Lipinski definition) is 3. The molecule has 0 aliphatic heterocycles. The Hall–Kier alpha value is -0.830. The first-order valence-electron chi connectivity index (χ1n) is 7.12. The van der Waals surface area contributed by atoms with Gasteiger partial charge in [-0.15, -0.1) is 0 Å². The molecule has 0 aromatic rings. The van der Waals surface area contributed by atoms with E-state index in [1.54, 1.807) is 0 Å². The summed E-state index contributed by atoms with van der Waals surface area (Å²) in [4.78, 5) is 11.6. The minimum absolute atomic E-state index is 0.339. The second-order valence-electron chi connectivity index (χ2n) is 6.53. The van der Waals surface area contributed by atoms with Crippen molar-refractivity contribution in [2.24, 2.45) is 35.3 Å². The van der Waals surface area contributed by atoms with E-state index in [0.717, 1.165) is 29.2 Å². The maximum atomic E-state index is 11.6. The number of rotatable bonds is 3. The first-order chi connectivity index (χ1) is 8.60. The Labute approximate surface area is 109 Å². The third-order valence-corrected chi connectivity index (χ3v) is 5.51. The van der Waals surface area contributed by atoms with Crippen LogP contribution in [-0.2, 0) is 9.53 Å². The third-order valence-electron chi connectivity index (χ3n) is 5.51. The monoisotopic (exact) mass is 249 g/mol. The molecule has 4 aliphatic carbocycles. The van der Waals surface area contributed by atoms with Crippen molar-refractivity contribution >= 4 is 5.97 Å². The maximum Gasteiger partial charge on any atom is 0.326 e. The Kier molecular flexibility index (Phi) is 2.97. The molecule has 0 saturated heterocycles. The number of hydrogen-bond donors (Lipinski definition) is 1. The van der Waals surface area contributed by atoms with Gasteiger partial charge < -0.3 is 10.5 Å². The highest BCUT2D eigenvalue weighted by Crippen LogP contribution is 2.58. The smallest absolute Gasteiger partial charge is 0.326 e. The number of esters is 1. The average Bonchev–Trinajstić information content (AvgIpc) is 2.35. The van der Waals surface area contributed by atoms with Crippen LogP contribution in [-0.4, -0.2) is 19.1 Å². The molecular weight excluding hydrogens is 226 g/mol. The SMILES string of the molecule is C=C(C(N)C(=O)OC)C1C2CC3CC(C2)CC1C3. The van der Waals surface area contributed by atoms with Gasteiger partial charge >= 0.3 is 5.97 Å². The molecule has 0 aromatic carbocycles. The molecule has 1 atom stereocenters. The number of carbonyl (C=O) groups excluding carboxylic acids is 1.